The van der Waals surface area contributed by atoms with E-state index < -0.39 is 5.97 Å². The van der Waals surface area contributed by atoms with Crippen molar-refractivity contribution in [1.29, 1.82) is 0 Å². The highest BCUT2D eigenvalue weighted by Gasteiger charge is 2.10. The highest BCUT2D eigenvalue weighted by atomic mass is 16.4. The maximum Gasteiger partial charge on any atom is 0.354 e. The lowest BCUT2D eigenvalue weighted by atomic mass is 10.1. The third-order valence-corrected chi connectivity index (χ3v) is 2.53. The lowest BCUT2D eigenvalue weighted by molar-refractivity contribution is 0.0691. The number of para-hydroxylation sites is 1. The van der Waals surface area contributed by atoms with Crippen molar-refractivity contribution in [3.05, 3.63) is 35.5 Å². The van der Waals surface area contributed by atoms with Crippen LogP contribution in [-0.2, 0) is 0 Å². The Hall–Kier alpha value is -2.10. The zero-order chi connectivity index (χ0) is 11.7. The van der Waals surface area contributed by atoms with Crippen molar-refractivity contribution in [2.75, 3.05) is 12.4 Å². The van der Waals surface area contributed by atoms with Crippen molar-refractivity contribution in [3.8, 4) is 0 Å². The van der Waals surface area contributed by atoms with E-state index in [0.29, 0.717) is 0 Å². The minimum absolute atomic E-state index is 0.0613. The number of fused-ring (bicyclic) bond motifs is 1. The Labute approximate surface area is 92.9 Å². The molecule has 0 aliphatic carbocycles. The van der Waals surface area contributed by atoms with E-state index in [4.69, 9.17) is 5.11 Å². The minimum Gasteiger partial charge on any atom is -0.477 e. The number of rotatable bonds is 2. The van der Waals surface area contributed by atoms with Gasteiger partial charge in [0.1, 0.15) is 0 Å². The Kier molecular flexibility index (Phi) is 2.48. The molecule has 2 aromatic rings. The van der Waals surface area contributed by atoms with E-state index in [9.17, 15) is 4.79 Å². The molecule has 82 valence electrons. The minimum atomic E-state index is -1.01. The highest BCUT2D eigenvalue weighted by molar-refractivity contribution is 5.98. The second-order valence-electron chi connectivity index (χ2n) is 3.58. The van der Waals surface area contributed by atoms with Crippen molar-refractivity contribution in [3.63, 3.8) is 0 Å². The van der Waals surface area contributed by atoms with Crippen LogP contribution in [0.3, 0.4) is 0 Å². The number of aromatic carboxylic acids is 1. The maximum absolute atomic E-state index is 10.9. The van der Waals surface area contributed by atoms with Crippen LogP contribution in [0.15, 0.2) is 24.3 Å². The van der Waals surface area contributed by atoms with Crippen molar-refractivity contribution in [2.45, 2.75) is 6.92 Å². The van der Waals surface area contributed by atoms with Gasteiger partial charge < -0.3 is 10.4 Å². The molecule has 1 aromatic carbocycles. The van der Waals surface area contributed by atoms with Crippen molar-refractivity contribution in [2.24, 2.45) is 0 Å². The highest BCUT2D eigenvalue weighted by Crippen LogP contribution is 2.25. The van der Waals surface area contributed by atoms with Gasteiger partial charge >= 0.3 is 5.97 Å². The molecule has 0 spiro atoms. The van der Waals surface area contributed by atoms with Gasteiger partial charge in [0.2, 0.25) is 0 Å². The molecule has 0 aliphatic rings. The fourth-order valence-electron chi connectivity index (χ4n) is 1.71. The van der Waals surface area contributed by atoms with Gasteiger partial charge in [-0.15, -0.1) is 0 Å². The number of nitrogens with zero attached hydrogens (tertiary/aromatic N) is 1. The SMILES string of the molecule is CNc1cc(C(=O)O)nc2c(C)cccc12. The number of hydrogen-bond acceptors (Lipinski definition) is 3. The van der Waals surface area contributed by atoms with Gasteiger partial charge in [0, 0.05) is 18.1 Å². The molecule has 0 radical (unpaired) electrons. The summed E-state index contributed by atoms with van der Waals surface area (Å²) in [5.74, 6) is -1.01. The Morgan fingerprint density at radius 1 is 1.44 bits per heavy atom. The van der Waals surface area contributed by atoms with Gasteiger partial charge in [0.25, 0.3) is 0 Å². The fraction of sp³-hybridized carbons (Fsp3) is 0.167. The first-order valence-corrected chi connectivity index (χ1v) is 4.95. The first kappa shape index (κ1) is 10.4. The number of pyridine rings is 1. The van der Waals surface area contributed by atoms with E-state index in [1.807, 2.05) is 25.1 Å². The molecule has 2 N–H and O–H groups in total. The number of carbonyl (C=O) groups is 1. The van der Waals surface area contributed by atoms with Crippen LogP contribution in [0.5, 0.6) is 0 Å². The predicted molar refractivity (Wildman–Crippen MR) is 63.0 cm³/mol. The largest absolute Gasteiger partial charge is 0.477 e. The van der Waals surface area contributed by atoms with Crippen LogP contribution in [0.1, 0.15) is 16.1 Å². The summed E-state index contributed by atoms with van der Waals surface area (Å²) < 4.78 is 0. The molecule has 2 rings (SSSR count). The third kappa shape index (κ3) is 1.58. The van der Waals surface area contributed by atoms with Crippen LogP contribution in [0.25, 0.3) is 10.9 Å². The summed E-state index contributed by atoms with van der Waals surface area (Å²) in [6.07, 6.45) is 0. The third-order valence-electron chi connectivity index (χ3n) is 2.53. The Morgan fingerprint density at radius 2 is 2.19 bits per heavy atom. The van der Waals surface area contributed by atoms with E-state index in [0.717, 1.165) is 22.2 Å². The van der Waals surface area contributed by atoms with Gasteiger partial charge in [-0.05, 0) is 18.6 Å². The van der Waals surface area contributed by atoms with Crippen molar-refractivity contribution in [1.82, 2.24) is 4.98 Å². The molecule has 0 bridgehead atoms. The van der Waals surface area contributed by atoms with Crippen LogP contribution in [-0.4, -0.2) is 23.1 Å². The van der Waals surface area contributed by atoms with Gasteiger partial charge in [-0.2, -0.15) is 0 Å². The number of carboxylic acid groups (broad SMARTS) is 1. The van der Waals surface area contributed by atoms with E-state index >= 15 is 0 Å². The van der Waals surface area contributed by atoms with Crippen LogP contribution in [0.4, 0.5) is 5.69 Å². The summed E-state index contributed by atoms with van der Waals surface area (Å²) >= 11 is 0. The summed E-state index contributed by atoms with van der Waals surface area (Å²) in [5.41, 5.74) is 2.54. The monoisotopic (exact) mass is 216 g/mol. The van der Waals surface area contributed by atoms with E-state index in [2.05, 4.69) is 10.3 Å². The molecule has 0 unspecified atom stereocenters. The molecule has 0 aliphatic heterocycles. The van der Waals surface area contributed by atoms with Crippen molar-refractivity contribution >= 4 is 22.6 Å². The fourth-order valence-corrected chi connectivity index (χ4v) is 1.71. The molecule has 0 atom stereocenters. The van der Waals surface area contributed by atoms with Crippen LogP contribution >= 0.6 is 0 Å². The van der Waals surface area contributed by atoms with Gasteiger partial charge in [-0.25, -0.2) is 9.78 Å². The van der Waals surface area contributed by atoms with E-state index in [-0.39, 0.29) is 5.69 Å². The molecule has 4 heteroatoms. The molecule has 0 saturated carbocycles. The molecular weight excluding hydrogens is 204 g/mol. The standard InChI is InChI=1S/C12H12N2O2/c1-7-4-3-5-8-9(13-2)6-10(12(15)16)14-11(7)8/h3-6H,1-2H3,(H,13,14)(H,15,16). The number of nitrogens with one attached hydrogen (secondary N) is 1. The Bertz CT molecular complexity index is 564. The number of aromatic nitrogens is 1. The summed E-state index contributed by atoms with van der Waals surface area (Å²) in [6, 6.07) is 7.32. The normalized spacial score (nSPS) is 10.4. The second kappa shape index (κ2) is 3.81. The first-order valence-electron chi connectivity index (χ1n) is 4.95. The molecule has 4 nitrogen and oxygen atoms in total. The molecule has 0 amide bonds. The molecule has 16 heavy (non-hydrogen) atoms. The van der Waals surface area contributed by atoms with Gasteiger partial charge in [-0.3, -0.25) is 0 Å². The number of hydrogen-bond donors (Lipinski definition) is 2. The predicted octanol–water partition coefficient (Wildman–Crippen LogP) is 2.28. The summed E-state index contributed by atoms with van der Waals surface area (Å²) in [5, 5.41) is 12.9. The average molecular weight is 216 g/mol. The molecular formula is C12H12N2O2. The number of anilines is 1. The topological polar surface area (TPSA) is 62.2 Å². The Morgan fingerprint density at radius 3 is 2.81 bits per heavy atom. The molecule has 1 heterocycles. The lowest BCUT2D eigenvalue weighted by Crippen LogP contribution is -2.03. The number of aryl methyl sites for hydroxylation is 1. The summed E-state index contributed by atoms with van der Waals surface area (Å²) in [4.78, 5) is 15.1. The Balaban J connectivity index is 2.84. The van der Waals surface area contributed by atoms with Crippen LogP contribution in [0, 0.1) is 6.92 Å². The summed E-state index contributed by atoms with van der Waals surface area (Å²) in [6.45, 7) is 1.92. The first-order chi connectivity index (χ1) is 7.63. The van der Waals surface area contributed by atoms with E-state index in [1.54, 1.807) is 13.1 Å². The zero-order valence-corrected chi connectivity index (χ0v) is 9.11. The van der Waals surface area contributed by atoms with Crippen LogP contribution in [0.2, 0.25) is 0 Å². The maximum atomic E-state index is 10.9. The molecule has 1 aromatic heterocycles. The van der Waals surface area contributed by atoms with Gasteiger partial charge in [0.05, 0.1) is 5.52 Å². The van der Waals surface area contributed by atoms with Crippen LogP contribution < -0.4 is 5.32 Å². The molecule has 0 fully saturated rings. The second-order valence-corrected chi connectivity index (χ2v) is 3.58. The van der Waals surface area contributed by atoms with Gasteiger partial charge in [-0.1, -0.05) is 18.2 Å². The smallest absolute Gasteiger partial charge is 0.354 e. The number of carboxylic acids is 1. The average Bonchev–Trinajstić information content (AvgIpc) is 2.28. The van der Waals surface area contributed by atoms with E-state index in [1.165, 1.54) is 0 Å². The summed E-state index contributed by atoms with van der Waals surface area (Å²) in [7, 11) is 1.77. The number of benzene rings is 1. The zero-order valence-electron chi connectivity index (χ0n) is 9.11. The van der Waals surface area contributed by atoms with Crippen molar-refractivity contribution < 1.29 is 9.90 Å². The lowest BCUT2D eigenvalue weighted by Gasteiger charge is -2.08. The quantitative estimate of drug-likeness (QED) is 0.808. The van der Waals surface area contributed by atoms with Gasteiger partial charge in [0.15, 0.2) is 5.69 Å². The molecule has 0 saturated heterocycles.